The third kappa shape index (κ3) is 3.11. The van der Waals surface area contributed by atoms with E-state index in [2.05, 4.69) is 20.1 Å². The van der Waals surface area contributed by atoms with Crippen LogP contribution in [0.2, 0.25) is 0 Å². The first kappa shape index (κ1) is 17.7. The van der Waals surface area contributed by atoms with Gasteiger partial charge >= 0.3 is 0 Å². The fourth-order valence-corrected chi connectivity index (χ4v) is 4.38. The lowest BCUT2D eigenvalue weighted by molar-refractivity contribution is -0.144. The molecule has 27 heavy (non-hydrogen) atoms. The molecule has 2 aliphatic heterocycles. The van der Waals surface area contributed by atoms with E-state index in [0.717, 1.165) is 30.7 Å². The normalized spacial score (nSPS) is 18.6. The van der Waals surface area contributed by atoms with Crippen molar-refractivity contribution in [2.24, 2.45) is 0 Å². The Labute approximate surface area is 157 Å². The van der Waals surface area contributed by atoms with Crippen molar-refractivity contribution in [1.82, 2.24) is 34.5 Å². The second-order valence-electron chi connectivity index (χ2n) is 7.20. The van der Waals surface area contributed by atoms with E-state index in [-0.39, 0.29) is 17.4 Å². The van der Waals surface area contributed by atoms with Crippen LogP contribution in [0.3, 0.4) is 0 Å². The zero-order valence-electron chi connectivity index (χ0n) is 15.6. The van der Waals surface area contributed by atoms with Crippen LogP contribution in [0.15, 0.2) is 19.0 Å². The summed E-state index contributed by atoms with van der Waals surface area (Å²) in [6.45, 7) is 4.41. The number of amides is 2. The number of hydrogen-bond donors (Lipinski definition) is 1. The summed E-state index contributed by atoms with van der Waals surface area (Å²) in [6, 6.07) is 0. The molecule has 0 unspecified atom stereocenters. The molecular formula is C18H25N7O2. The summed E-state index contributed by atoms with van der Waals surface area (Å²) >= 11 is 0. The number of piperidine rings is 1. The van der Waals surface area contributed by atoms with Gasteiger partial charge in [0.05, 0.1) is 24.1 Å². The predicted molar refractivity (Wildman–Crippen MR) is 96.4 cm³/mol. The second-order valence-corrected chi connectivity index (χ2v) is 7.20. The minimum Gasteiger partial charge on any atom is -0.348 e. The number of H-pyrrole nitrogens is 1. The van der Waals surface area contributed by atoms with E-state index in [9.17, 15) is 9.59 Å². The fourth-order valence-electron chi connectivity index (χ4n) is 4.38. The molecule has 1 fully saturated rings. The van der Waals surface area contributed by atoms with E-state index in [1.165, 1.54) is 6.33 Å². The van der Waals surface area contributed by atoms with Crippen LogP contribution in [-0.2, 0) is 28.1 Å². The largest absolute Gasteiger partial charge is 0.348 e. The number of imidazole rings is 1. The van der Waals surface area contributed by atoms with Gasteiger partial charge in [0.15, 0.2) is 0 Å². The van der Waals surface area contributed by atoms with Crippen LogP contribution in [0, 0.1) is 0 Å². The number of carbonyl (C=O) groups excluding carboxylic acids is 2. The molecule has 1 saturated heterocycles. The highest BCUT2D eigenvalue weighted by Gasteiger charge is 2.48. The van der Waals surface area contributed by atoms with E-state index in [4.69, 9.17) is 0 Å². The van der Waals surface area contributed by atoms with E-state index < -0.39 is 0 Å². The Kier molecular flexibility index (Phi) is 4.67. The number of hydrogen-bond acceptors (Lipinski definition) is 5. The van der Waals surface area contributed by atoms with Crippen molar-refractivity contribution in [3.05, 3.63) is 30.4 Å². The third-order valence-electron chi connectivity index (χ3n) is 5.83. The number of nitrogens with one attached hydrogen (secondary N) is 1. The van der Waals surface area contributed by atoms with Crippen molar-refractivity contribution >= 4 is 11.8 Å². The number of fused-ring (bicyclic) bond motifs is 2. The Balaban J connectivity index is 1.47. The molecule has 1 N–H and O–H groups in total. The Morgan fingerprint density at radius 3 is 2.74 bits per heavy atom. The molecule has 0 bridgehead atoms. The maximum Gasteiger partial charge on any atom is 0.224 e. The molecule has 0 radical (unpaired) electrons. The number of carbonyl (C=O) groups is 2. The van der Waals surface area contributed by atoms with Gasteiger partial charge < -0.3 is 14.8 Å². The number of aromatic amines is 1. The van der Waals surface area contributed by atoms with Gasteiger partial charge in [-0.15, -0.1) is 0 Å². The fraction of sp³-hybridized carbons (Fsp3) is 0.611. The van der Waals surface area contributed by atoms with Gasteiger partial charge in [-0.05, 0) is 12.8 Å². The summed E-state index contributed by atoms with van der Waals surface area (Å²) in [5.74, 6) is 0.279. The third-order valence-corrected chi connectivity index (χ3v) is 5.83. The molecule has 2 amide bonds. The summed E-state index contributed by atoms with van der Waals surface area (Å²) in [7, 11) is 0. The molecule has 2 aliphatic rings. The minimum absolute atomic E-state index is 0.117. The van der Waals surface area contributed by atoms with Crippen molar-refractivity contribution in [1.29, 1.82) is 0 Å². The van der Waals surface area contributed by atoms with Crippen LogP contribution >= 0.6 is 0 Å². The monoisotopic (exact) mass is 371 g/mol. The van der Waals surface area contributed by atoms with Crippen LogP contribution in [0.1, 0.15) is 44.0 Å². The number of aryl methyl sites for hydroxylation is 1. The minimum atomic E-state index is -0.386. The van der Waals surface area contributed by atoms with Gasteiger partial charge in [0.1, 0.15) is 12.7 Å². The maximum absolute atomic E-state index is 12.6. The quantitative estimate of drug-likeness (QED) is 0.853. The average Bonchev–Trinajstić information content (AvgIpc) is 3.38. The molecule has 2 aromatic heterocycles. The molecule has 0 aromatic carbocycles. The van der Waals surface area contributed by atoms with Crippen LogP contribution < -0.4 is 0 Å². The molecule has 144 valence electrons. The summed E-state index contributed by atoms with van der Waals surface area (Å²) in [5, 5.41) is 4.04. The van der Waals surface area contributed by atoms with Crippen molar-refractivity contribution in [2.75, 3.05) is 19.6 Å². The van der Waals surface area contributed by atoms with Crippen molar-refractivity contribution < 1.29 is 9.59 Å². The highest BCUT2D eigenvalue weighted by atomic mass is 16.2. The van der Waals surface area contributed by atoms with Gasteiger partial charge in [-0.25, -0.2) is 9.97 Å². The summed E-state index contributed by atoms with van der Waals surface area (Å²) in [6.07, 6.45) is 7.97. The molecule has 9 nitrogen and oxygen atoms in total. The topological polar surface area (TPSA) is 100 Å². The number of aromatic nitrogens is 5. The Morgan fingerprint density at radius 1 is 1.22 bits per heavy atom. The SMILES string of the molecule is CCC(=O)N1CCc2[nH]cnc2C12CCN(C(=O)CCn1cncn1)CC2. The van der Waals surface area contributed by atoms with Gasteiger partial charge in [-0.3, -0.25) is 14.3 Å². The van der Waals surface area contributed by atoms with Crippen molar-refractivity contribution in [2.45, 2.75) is 51.1 Å². The zero-order valence-corrected chi connectivity index (χ0v) is 15.6. The molecule has 4 heterocycles. The Bertz CT molecular complexity index is 806. The van der Waals surface area contributed by atoms with E-state index in [0.29, 0.717) is 39.0 Å². The number of nitrogens with zero attached hydrogens (tertiary/aromatic N) is 6. The number of likely N-dealkylation sites (tertiary alicyclic amines) is 1. The highest BCUT2D eigenvalue weighted by Crippen LogP contribution is 2.42. The van der Waals surface area contributed by atoms with Crippen LogP contribution in [0.5, 0.6) is 0 Å². The molecule has 0 atom stereocenters. The Hall–Kier alpha value is -2.71. The van der Waals surface area contributed by atoms with Crippen LogP contribution in [-0.4, -0.2) is 66.0 Å². The smallest absolute Gasteiger partial charge is 0.224 e. The average molecular weight is 371 g/mol. The summed E-state index contributed by atoms with van der Waals surface area (Å²) in [4.78, 5) is 40.8. The van der Waals surface area contributed by atoms with E-state index >= 15 is 0 Å². The molecule has 0 saturated carbocycles. The maximum atomic E-state index is 12.6. The predicted octanol–water partition coefficient (Wildman–Crippen LogP) is 0.704. The standard InChI is InChI=1S/C18H25N7O2/c1-2-15(26)25-8-3-14-17(21-12-20-14)18(25)5-9-23(10-6-18)16(27)4-7-24-13-19-11-22-24/h11-13H,2-10H2,1H3,(H,20,21). The van der Waals surface area contributed by atoms with Crippen molar-refractivity contribution in [3.63, 3.8) is 0 Å². The lowest BCUT2D eigenvalue weighted by Gasteiger charge is -2.50. The molecule has 2 aromatic rings. The molecule has 9 heteroatoms. The number of rotatable bonds is 4. The highest BCUT2D eigenvalue weighted by molar-refractivity contribution is 5.78. The molecule has 1 spiro atoms. The second kappa shape index (κ2) is 7.13. The zero-order chi connectivity index (χ0) is 18.9. The molecular weight excluding hydrogens is 346 g/mol. The first-order chi connectivity index (χ1) is 13.1. The first-order valence-corrected chi connectivity index (χ1v) is 9.57. The van der Waals surface area contributed by atoms with Gasteiger partial charge in [0.25, 0.3) is 0 Å². The van der Waals surface area contributed by atoms with Crippen LogP contribution in [0.25, 0.3) is 0 Å². The van der Waals surface area contributed by atoms with Gasteiger partial charge in [-0.2, -0.15) is 5.10 Å². The van der Waals surface area contributed by atoms with Gasteiger partial charge in [-0.1, -0.05) is 6.92 Å². The van der Waals surface area contributed by atoms with Crippen LogP contribution in [0.4, 0.5) is 0 Å². The molecule has 4 rings (SSSR count). The van der Waals surface area contributed by atoms with Gasteiger partial charge in [0, 0.05) is 44.6 Å². The van der Waals surface area contributed by atoms with E-state index in [1.54, 1.807) is 17.3 Å². The lowest BCUT2D eigenvalue weighted by Crippen LogP contribution is -2.58. The molecule has 0 aliphatic carbocycles. The first-order valence-electron chi connectivity index (χ1n) is 9.57. The van der Waals surface area contributed by atoms with Gasteiger partial charge in [0.2, 0.25) is 11.8 Å². The lowest BCUT2D eigenvalue weighted by atomic mass is 9.78. The van der Waals surface area contributed by atoms with Crippen molar-refractivity contribution in [3.8, 4) is 0 Å². The summed E-state index contributed by atoms with van der Waals surface area (Å²) in [5.41, 5.74) is 1.73. The van der Waals surface area contributed by atoms with E-state index in [1.807, 2.05) is 16.7 Å². The Morgan fingerprint density at radius 2 is 2.04 bits per heavy atom. The summed E-state index contributed by atoms with van der Waals surface area (Å²) < 4.78 is 1.67.